The van der Waals surface area contributed by atoms with Crippen molar-refractivity contribution in [2.45, 2.75) is 147 Å². The number of aryl methyl sites for hydroxylation is 1. The monoisotopic (exact) mass is 538 g/mol. The minimum absolute atomic E-state index is 0. The summed E-state index contributed by atoms with van der Waals surface area (Å²) in [4.78, 5) is -0.0154. The molecule has 3 nitrogen and oxygen atoms in total. The first kappa shape index (κ1) is 34.6. The molecule has 0 bridgehead atoms. The van der Waals surface area contributed by atoms with Crippen molar-refractivity contribution in [3.05, 3.63) is 42.0 Å². The summed E-state index contributed by atoms with van der Waals surface area (Å²) < 4.78 is 35.8. The van der Waals surface area contributed by atoms with Crippen LogP contribution in [0.3, 0.4) is 0 Å². The smallest absolute Gasteiger partial charge is 0.744 e. The predicted octanol–water partition coefficient (Wildman–Crippen LogP) is 7.11. The van der Waals surface area contributed by atoms with Crippen molar-refractivity contribution in [2.75, 3.05) is 0 Å². The van der Waals surface area contributed by atoms with E-state index in [1.165, 1.54) is 116 Å². The molecule has 2 aromatic rings. The molecule has 0 aliphatic carbocycles. The Balaban J connectivity index is 0.00000684. The summed E-state index contributed by atoms with van der Waals surface area (Å²) >= 11 is 0. The Labute approximate surface area is 250 Å². The van der Waals surface area contributed by atoms with E-state index in [2.05, 4.69) is 6.92 Å². The molecule has 204 valence electrons. The molecule has 37 heavy (non-hydrogen) atoms. The zero-order chi connectivity index (χ0) is 25.9. The van der Waals surface area contributed by atoms with Crippen LogP contribution in [-0.2, 0) is 16.5 Å². The van der Waals surface area contributed by atoms with E-state index < -0.39 is 10.1 Å². The van der Waals surface area contributed by atoms with Gasteiger partial charge < -0.3 is 4.55 Å². The van der Waals surface area contributed by atoms with E-state index in [0.29, 0.717) is 17.4 Å². The van der Waals surface area contributed by atoms with E-state index in [-0.39, 0.29) is 34.5 Å². The number of benzene rings is 2. The van der Waals surface area contributed by atoms with Crippen LogP contribution >= 0.6 is 0 Å². The van der Waals surface area contributed by atoms with Gasteiger partial charge in [0.25, 0.3) is 0 Å². The van der Waals surface area contributed by atoms with Crippen LogP contribution in [0.4, 0.5) is 0 Å². The largest absolute Gasteiger partial charge is 1.00 e. The minimum atomic E-state index is -4.49. The van der Waals surface area contributed by atoms with Gasteiger partial charge in [0.15, 0.2) is 0 Å². The van der Waals surface area contributed by atoms with E-state index in [1.54, 1.807) is 12.1 Å². The van der Waals surface area contributed by atoms with Gasteiger partial charge in [0.2, 0.25) is 0 Å². The number of fused-ring (bicyclic) bond motifs is 1. The van der Waals surface area contributed by atoms with Crippen LogP contribution in [-0.4, -0.2) is 13.0 Å². The van der Waals surface area contributed by atoms with Gasteiger partial charge in [0, 0.05) is 0 Å². The molecule has 0 amide bonds. The molecule has 0 saturated carbocycles. The third-order valence-electron chi connectivity index (χ3n) is 7.51. The van der Waals surface area contributed by atoms with Crippen LogP contribution in [0.2, 0.25) is 0 Å². The molecule has 0 spiro atoms. The van der Waals surface area contributed by atoms with Gasteiger partial charge in [0.1, 0.15) is 10.1 Å². The Kier molecular flexibility index (Phi) is 20.1. The SMILES string of the molecule is CCCCCCCCCCCCCCCCCCCCCCc1ccc2ccccc2c1S(=O)(=O)[O-].[Na+]. The summed E-state index contributed by atoms with van der Waals surface area (Å²) in [5.74, 6) is 0. The van der Waals surface area contributed by atoms with Gasteiger partial charge in [-0.1, -0.05) is 165 Å². The molecule has 0 unspecified atom stereocenters. The molecule has 0 aromatic heterocycles. The first-order valence-electron chi connectivity index (χ1n) is 15.0. The molecule has 0 saturated heterocycles. The molecule has 5 heteroatoms. The van der Waals surface area contributed by atoms with E-state index in [0.717, 1.165) is 18.2 Å². The Morgan fingerprint density at radius 2 is 0.973 bits per heavy atom. The zero-order valence-electron chi connectivity index (χ0n) is 23.9. The first-order valence-corrected chi connectivity index (χ1v) is 16.4. The summed E-state index contributed by atoms with van der Waals surface area (Å²) in [6.45, 7) is 2.28. The van der Waals surface area contributed by atoms with Crippen molar-refractivity contribution in [3.63, 3.8) is 0 Å². The third kappa shape index (κ3) is 15.1. The molecule has 0 heterocycles. The summed E-state index contributed by atoms with van der Waals surface area (Å²) in [6.07, 6.45) is 27.5. The number of rotatable bonds is 22. The second kappa shape index (κ2) is 21.4. The molecule has 0 radical (unpaired) electrons. The van der Waals surface area contributed by atoms with Gasteiger partial charge in [-0.2, -0.15) is 0 Å². The summed E-state index contributed by atoms with van der Waals surface area (Å²) in [6, 6.07) is 11.0. The van der Waals surface area contributed by atoms with Crippen LogP contribution < -0.4 is 29.6 Å². The van der Waals surface area contributed by atoms with Crippen molar-refractivity contribution in [1.82, 2.24) is 0 Å². The number of unbranched alkanes of at least 4 members (excludes halogenated alkanes) is 19. The van der Waals surface area contributed by atoms with Crippen molar-refractivity contribution in [1.29, 1.82) is 0 Å². The maximum atomic E-state index is 11.9. The van der Waals surface area contributed by atoms with Crippen LogP contribution in [0.15, 0.2) is 41.3 Å². The van der Waals surface area contributed by atoms with Crippen molar-refractivity contribution < 1.29 is 42.5 Å². The Morgan fingerprint density at radius 3 is 1.41 bits per heavy atom. The normalized spacial score (nSPS) is 11.6. The average molecular weight is 539 g/mol. The van der Waals surface area contributed by atoms with Crippen LogP contribution in [0, 0.1) is 0 Å². The van der Waals surface area contributed by atoms with Crippen molar-refractivity contribution >= 4 is 20.9 Å². The van der Waals surface area contributed by atoms with E-state index in [1.807, 2.05) is 24.3 Å². The maximum Gasteiger partial charge on any atom is 1.00 e. The van der Waals surface area contributed by atoms with Crippen molar-refractivity contribution in [2.24, 2.45) is 0 Å². The second-order valence-corrected chi connectivity index (χ2v) is 12.0. The molecule has 0 aliphatic heterocycles. The molecule has 0 atom stereocenters. The fraction of sp³-hybridized carbons (Fsp3) is 0.688. The topological polar surface area (TPSA) is 57.2 Å². The van der Waals surface area contributed by atoms with Crippen LogP contribution in [0.5, 0.6) is 0 Å². The summed E-state index contributed by atoms with van der Waals surface area (Å²) in [7, 11) is -4.49. The molecule has 0 N–H and O–H groups in total. The Bertz CT molecular complexity index is 942. The van der Waals surface area contributed by atoms with Gasteiger partial charge in [0.05, 0.1) is 4.90 Å². The van der Waals surface area contributed by atoms with E-state index in [9.17, 15) is 13.0 Å². The Morgan fingerprint density at radius 1 is 0.568 bits per heavy atom. The first-order chi connectivity index (χ1) is 17.5. The van der Waals surface area contributed by atoms with Crippen molar-refractivity contribution in [3.8, 4) is 0 Å². The van der Waals surface area contributed by atoms with Gasteiger partial charge >= 0.3 is 29.6 Å². The van der Waals surface area contributed by atoms with E-state index >= 15 is 0 Å². The third-order valence-corrected chi connectivity index (χ3v) is 8.49. The fourth-order valence-corrected chi connectivity index (χ4v) is 6.30. The quantitative estimate of drug-likeness (QED) is 0.0912. The summed E-state index contributed by atoms with van der Waals surface area (Å²) in [5.41, 5.74) is 0.672. The molecule has 0 fully saturated rings. The molecular formula is C32H51NaO3S. The molecule has 2 aromatic carbocycles. The minimum Gasteiger partial charge on any atom is -0.744 e. The predicted molar refractivity (Wildman–Crippen MR) is 154 cm³/mol. The average Bonchev–Trinajstić information content (AvgIpc) is 2.86. The van der Waals surface area contributed by atoms with Crippen LogP contribution in [0.1, 0.15) is 141 Å². The standard InChI is InChI=1S/C32H52O3S.Na/c1-2-3-4-5-6-7-8-9-10-11-12-13-14-15-16-17-18-19-20-21-25-30-28-27-29-24-22-23-26-31(29)32(30)36(33,34)35;/h22-24,26-28H,2-21,25H2,1H3,(H,33,34,35);/q;+1/p-1. The zero-order valence-corrected chi connectivity index (χ0v) is 26.8. The number of hydrogen-bond donors (Lipinski definition) is 0. The van der Waals surface area contributed by atoms with Gasteiger partial charge in [-0.15, -0.1) is 0 Å². The van der Waals surface area contributed by atoms with Gasteiger partial charge in [-0.25, -0.2) is 8.42 Å². The fourth-order valence-electron chi connectivity index (χ4n) is 5.35. The second-order valence-electron chi connectivity index (χ2n) is 10.7. The molecule has 2 rings (SSSR count). The van der Waals surface area contributed by atoms with E-state index in [4.69, 9.17) is 0 Å². The van der Waals surface area contributed by atoms with Crippen LogP contribution in [0.25, 0.3) is 10.8 Å². The number of hydrogen-bond acceptors (Lipinski definition) is 3. The Hall–Kier alpha value is -0.390. The van der Waals surface area contributed by atoms with Gasteiger partial charge in [-0.3, -0.25) is 0 Å². The maximum absolute atomic E-state index is 11.9. The van der Waals surface area contributed by atoms with Gasteiger partial charge in [-0.05, 0) is 29.2 Å². The molecule has 0 aliphatic rings. The summed E-state index contributed by atoms with van der Waals surface area (Å²) in [5, 5.41) is 1.36. The molecular weight excluding hydrogens is 487 g/mol.